The Morgan fingerprint density at radius 3 is 2.68 bits per heavy atom. The van der Waals surface area contributed by atoms with Crippen LogP contribution in [0.25, 0.3) is 0 Å². The summed E-state index contributed by atoms with van der Waals surface area (Å²) < 4.78 is 5.84. The van der Waals surface area contributed by atoms with Gasteiger partial charge in [-0.25, -0.2) is 4.98 Å². The van der Waals surface area contributed by atoms with Crippen LogP contribution in [0.2, 0.25) is 0 Å². The van der Waals surface area contributed by atoms with Crippen LogP contribution < -0.4 is 10.1 Å². The topological polar surface area (TPSA) is 47.0 Å². The Balaban J connectivity index is 1.56. The first-order valence-corrected chi connectivity index (χ1v) is 7.57. The normalized spacial score (nSPS) is 21.7. The van der Waals surface area contributed by atoms with Gasteiger partial charge in [0.25, 0.3) is 0 Å². The maximum atomic E-state index is 5.84. The molecule has 0 aromatic carbocycles. The molecular formula is C15H23N3O. The predicted octanol–water partition coefficient (Wildman–Crippen LogP) is 2.51. The third-order valence-electron chi connectivity index (χ3n) is 4.33. The minimum atomic E-state index is 0.606. The highest BCUT2D eigenvalue weighted by Crippen LogP contribution is 2.33. The van der Waals surface area contributed by atoms with Gasteiger partial charge in [0.15, 0.2) is 0 Å². The molecule has 0 spiro atoms. The summed E-state index contributed by atoms with van der Waals surface area (Å²) >= 11 is 0. The number of nitrogens with zero attached hydrogens (tertiary/aromatic N) is 2. The lowest BCUT2D eigenvalue weighted by Gasteiger charge is -2.22. The molecule has 1 aromatic rings. The van der Waals surface area contributed by atoms with Crippen molar-refractivity contribution < 1.29 is 4.74 Å². The Bertz CT molecular complexity index is 398. The molecule has 4 heteroatoms. The molecular weight excluding hydrogens is 238 g/mol. The van der Waals surface area contributed by atoms with Crippen molar-refractivity contribution in [2.75, 3.05) is 19.7 Å². The summed E-state index contributed by atoms with van der Waals surface area (Å²) in [5.74, 6) is 1.98. The first kappa shape index (κ1) is 12.9. The fraction of sp³-hybridized carbons (Fsp3) is 0.733. The average Bonchev–Trinajstić information content (AvgIpc) is 3.01. The van der Waals surface area contributed by atoms with E-state index in [0.717, 1.165) is 25.4 Å². The first-order valence-electron chi connectivity index (χ1n) is 7.57. The van der Waals surface area contributed by atoms with Gasteiger partial charge in [0.2, 0.25) is 5.88 Å². The van der Waals surface area contributed by atoms with E-state index in [1.807, 2.05) is 6.20 Å². The van der Waals surface area contributed by atoms with E-state index in [1.54, 1.807) is 6.20 Å². The van der Waals surface area contributed by atoms with Crippen LogP contribution >= 0.6 is 0 Å². The van der Waals surface area contributed by atoms with Crippen LogP contribution in [0.5, 0.6) is 5.88 Å². The van der Waals surface area contributed by atoms with Crippen LogP contribution in [0.15, 0.2) is 12.4 Å². The lowest BCUT2D eigenvalue weighted by Crippen LogP contribution is -2.30. The SMILES string of the molecule is c1ncc(C2CCCC2)nc1OCC1CCNCC1. The molecule has 0 bridgehead atoms. The van der Waals surface area contributed by atoms with Crippen molar-refractivity contribution in [3.63, 3.8) is 0 Å². The van der Waals surface area contributed by atoms with Crippen LogP contribution in [0, 0.1) is 5.92 Å². The zero-order valence-electron chi connectivity index (χ0n) is 11.5. The smallest absolute Gasteiger partial charge is 0.232 e. The Morgan fingerprint density at radius 1 is 1.11 bits per heavy atom. The summed E-state index contributed by atoms with van der Waals surface area (Å²) in [5.41, 5.74) is 1.13. The molecule has 1 aliphatic carbocycles. The summed E-state index contributed by atoms with van der Waals surface area (Å²) in [6.07, 6.45) is 11.2. The van der Waals surface area contributed by atoms with Crippen molar-refractivity contribution in [2.45, 2.75) is 44.4 Å². The van der Waals surface area contributed by atoms with E-state index in [2.05, 4.69) is 15.3 Å². The number of piperidine rings is 1. The predicted molar refractivity (Wildman–Crippen MR) is 74.3 cm³/mol. The van der Waals surface area contributed by atoms with Gasteiger partial charge in [-0.3, -0.25) is 4.98 Å². The van der Waals surface area contributed by atoms with Gasteiger partial charge in [0.1, 0.15) is 0 Å². The highest BCUT2D eigenvalue weighted by molar-refractivity contribution is 5.13. The second kappa shape index (κ2) is 6.33. The standard InChI is InChI=1S/C15H23N3O/c1-2-4-13(3-1)14-9-17-10-15(18-14)19-11-12-5-7-16-8-6-12/h9-10,12-13,16H,1-8,11H2. The maximum absolute atomic E-state index is 5.84. The molecule has 3 rings (SSSR count). The van der Waals surface area contributed by atoms with Crippen molar-refractivity contribution >= 4 is 0 Å². The Kier molecular flexibility index (Phi) is 4.28. The summed E-state index contributed by atoms with van der Waals surface area (Å²) in [4.78, 5) is 8.93. The van der Waals surface area contributed by atoms with Crippen LogP contribution in [-0.2, 0) is 0 Å². The lowest BCUT2D eigenvalue weighted by molar-refractivity contribution is 0.207. The van der Waals surface area contributed by atoms with Crippen molar-refractivity contribution in [3.05, 3.63) is 18.1 Å². The van der Waals surface area contributed by atoms with Crippen LogP contribution in [0.3, 0.4) is 0 Å². The second-order valence-electron chi connectivity index (χ2n) is 5.77. The quantitative estimate of drug-likeness (QED) is 0.904. The van der Waals surface area contributed by atoms with Crippen LogP contribution in [-0.4, -0.2) is 29.7 Å². The van der Waals surface area contributed by atoms with Crippen molar-refractivity contribution in [3.8, 4) is 5.88 Å². The van der Waals surface area contributed by atoms with E-state index < -0.39 is 0 Å². The number of rotatable bonds is 4. The minimum absolute atomic E-state index is 0.606. The molecule has 1 saturated carbocycles. The summed E-state index contributed by atoms with van der Waals surface area (Å²) in [6.45, 7) is 3.01. The highest BCUT2D eigenvalue weighted by Gasteiger charge is 2.19. The van der Waals surface area contributed by atoms with Crippen molar-refractivity contribution in [2.24, 2.45) is 5.92 Å². The molecule has 1 saturated heterocycles. The molecule has 2 fully saturated rings. The first-order chi connectivity index (χ1) is 9.42. The third-order valence-corrected chi connectivity index (χ3v) is 4.33. The molecule has 19 heavy (non-hydrogen) atoms. The Hall–Kier alpha value is -1.16. The Labute approximate surface area is 115 Å². The van der Waals surface area contributed by atoms with Gasteiger partial charge in [-0.2, -0.15) is 0 Å². The van der Waals surface area contributed by atoms with Gasteiger partial charge >= 0.3 is 0 Å². The van der Waals surface area contributed by atoms with E-state index >= 15 is 0 Å². The van der Waals surface area contributed by atoms with E-state index in [1.165, 1.54) is 38.5 Å². The molecule has 0 atom stereocenters. The zero-order valence-corrected chi connectivity index (χ0v) is 11.5. The van der Waals surface area contributed by atoms with Crippen molar-refractivity contribution in [1.29, 1.82) is 0 Å². The second-order valence-corrected chi connectivity index (χ2v) is 5.77. The van der Waals surface area contributed by atoms with Gasteiger partial charge in [0, 0.05) is 12.1 Å². The molecule has 4 nitrogen and oxygen atoms in total. The van der Waals surface area contributed by atoms with Crippen LogP contribution in [0.4, 0.5) is 0 Å². The average molecular weight is 261 g/mol. The third kappa shape index (κ3) is 3.44. The molecule has 1 N–H and O–H groups in total. The molecule has 0 amide bonds. The van der Waals surface area contributed by atoms with E-state index in [4.69, 9.17) is 4.74 Å². The lowest BCUT2D eigenvalue weighted by atomic mass is 9.99. The van der Waals surface area contributed by atoms with Crippen molar-refractivity contribution in [1.82, 2.24) is 15.3 Å². The number of hydrogen-bond acceptors (Lipinski definition) is 4. The summed E-state index contributed by atoms with van der Waals surface area (Å²) in [6, 6.07) is 0. The minimum Gasteiger partial charge on any atom is -0.476 e. The summed E-state index contributed by atoms with van der Waals surface area (Å²) in [7, 11) is 0. The zero-order chi connectivity index (χ0) is 12.9. The maximum Gasteiger partial charge on any atom is 0.232 e. The highest BCUT2D eigenvalue weighted by atomic mass is 16.5. The van der Waals surface area contributed by atoms with E-state index in [9.17, 15) is 0 Å². The summed E-state index contributed by atoms with van der Waals surface area (Å²) in [5, 5.41) is 3.38. The van der Waals surface area contributed by atoms with Gasteiger partial charge in [-0.1, -0.05) is 12.8 Å². The molecule has 0 radical (unpaired) electrons. The van der Waals surface area contributed by atoms with Gasteiger partial charge in [-0.05, 0) is 44.7 Å². The molecule has 104 valence electrons. The largest absolute Gasteiger partial charge is 0.476 e. The van der Waals surface area contributed by atoms with Gasteiger partial charge in [-0.15, -0.1) is 0 Å². The number of hydrogen-bond donors (Lipinski definition) is 1. The van der Waals surface area contributed by atoms with E-state index in [-0.39, 0.29) is 0 Å². The van der Waals surface area contributed by atoms with Gasteiger partial charge in [0.05, 0.1) is 18.5 Å². The number of nitrogens with one attached hydrogen (secondary N) is 1. The Morgan fingerprint density at radius 2 is 1.89 bits per heavy atom. The fourth-order valence-corrected chi connectivity index (χ4v) is 3.10. The molecule has 1 aliphatic heterocycles. The molecule has 2 aliphatic rings. The number of ether oxygens (including phenoxy) is 1. The monoisotopic (exact) mass is 261 g/mol. The fourth-order valence-electron chi connectivity index (χ4n) is 3.10. The molecule has 1 aromatic heterocycles. The number of aromatic nitrogens is 2. The van der Waals surface area contributed by atoms with E-state index in [0.29, 0.717) is 17.7 Å². The van der Waals surface area contributed by atoms with Gasteiger partial charge < -0.3 is 10.1 Å². The van der Waals surface area contributed by atoms with Crippen LogP contribution in [0.1, 0.15) is 50.1 Å². The molecule has 2 heterocycles. The molecule has 0 unspecified atom stereocenters.